The van der Waals surface area contributed by atoms with Gasteiger partial charge in [0, 0.05) is 13.2 Å². The third-order valence-corrected chi connectivity index (χ3v) is 7.08. The Balaban J connectivity index is 1.70. The Kier molecular flexibility index (Phi) is 13.0. The minimum absolute atomic E-state index is 0.282. The van der Waals surface area contributed by atoms with E-state index < -0.39 is 12.1 Å². The molecule has 3 rings (SSSR count). The molecule has 2 heterocycles. The van der Waals surface area contributed by atoms with Gasteiger partial charge in [0.05, 0.1) is 25.4 Å². The number of benzene rings is 1. The van der Waals surface area contributed by atoms with Crippen LogP contribution in [-0.2, 0) is 23.7 Å². The lowest BCUT2D eigenvalue weighted by molar-refractivity contribution is -0.222. The van der Waals surface area contributed by atoms with Crippen molar-refractivity contribution in [2.45, 2.75) is 115 Å². The lowest BCUT2D eigenvalue weighted by atomic mass is 10.0. The van der Waals surface area contributed by atoms with E-state index in [9.17, 15) is 0 Å². The summed E-state index contributed by atoms with van der Waals surface area (Å²) in [7, 11) is 1.64. The third kappa shape index (κ3) is 9.31. The Morgan fingerprint density at radius 1 is 1.00 bits per heavy atom. The average molecular weight is 553 g/mol. The Labute approximate surface area is 234 Å². The second-order valence-electron chi connectivity index (χ2n) is 10.5. The number of para-hydroxylation sites is 2. The maximum Gasteiger partial charge on any atom is 0.189 e. The Morgan fingerprint density at radius 2 is 1.71 bits per heavy atom. The maximum absolute atomic E-state index is 6.44. The standard InChI is InChI=1S/C29H48N2O6S/c1-6-8-10-14-18-33-20-23(34-19-15-11-9-7-2)25-24(26-27(35-25)37-29(3,4)36-26)31-28(38)30-21-16-12-13-17-22(21)32-5/h12-13,16-17,23-27H,6-11,14-15,18-20H2,1-5H3,(H2,30,31,38)/t23-,24+,25-,26-,27-/m1/s1. The Bertz CT molecular complexity index is 841. The Hall–Kier alpha value is -1.49. The van der Waals surface area contributed by atoms with Gasteiger partial charge in [-0.05, 0) is 51.0 Å². The molecule has 2 N–H and O–H groups in total. The second-order valence-corrected chi connectivity index (χ2v) is 10.9. The van der Waals surface area contributed by atoms with Crippen molar-refractivity contribution < 1.29 is 28.4 Å². The highest BCUT2D eigenvalue weighted by Gasteiger charge is 2.57. The van der Waals surface area contributed by atoms with Crippen molar-refractivity contribution in [3.8, 4) is 5.75 Å². The fraction of sp³-hybridized carbons (Fsp3) is 0.759. The van der Waals surface area contributed by atoms with Gasteiger partial charge in [0.1, 0.15) is 24.1 Å². The van der Waals surface area contributed by atoms with Gasteiger partial charge in [0.25, 0.3) is 0 Å². The van der Waals surface area contributed by atoms with Crippen LogP contribution in [-0.4, -0.2) is 68.5 Å². The van der Waals surface area contributed by atoms with Crippen LogP contribution in [0.1, 0.15) is 79.1 Å². The van der Waals surface area contributed by atoms with E-state index in [0.29, 0.717) is 30.7 Å². The summed E-state index contributed by atoms with van der Waals surface area (Å²) in [6.07, 6.45) is 7.69. The SMILES string of the molecule is CCCCCCOC[C@@H](OCCCCCC)[C@H]1O[C@@H]2OC(C)(C)O[C@@H]2[C@H]1NC(=S)Nc1ccccc1OC. The first kappa shape index (κ1) is 31.0. The van der Waals surface area contributed by atoms with E-state index in [1.165, 1.54) is 32.1 Å². The molecule has 0 bridgehead atoms. The number of ether oxygens (including phenoxy) is 6. The zero-order valence-corrected chi connectivity index (χ0v) is 24.6. The van der Waals surface area contributed by atoms with E-state index in [0.717, 1.165) is 24.9 Å². The molecule has 216 valence electrons. The second kappa shape index (κ2) is 15.9. The van der Waals surface area contributed by atoms with Crippen molar-refractivity contribution in [1.29, 1.82) is 0 Å². The Morgan fingerprint density at radius 3 is 2.42 bits per heavy atom. The quantitative estimate of drug-likeness (QED) is 0.184. The molecule has 2 aliphatic rings. The van der Waals surface area contributed by atoms with Gasteiger partial charge >= 0.3 is 0 Å². The topological polar surface area (TPSA) is 79.4 Å². The van der Waals surface area contributed by atoms with Crippen LogP contribution >= 0.6 is 12.2 Å². The van der Waals surface area contributed by atoms with Crippen LogP contribution in [0.2, 0.25) is 0 Å². The van der Waals surface area contributed by atoms with Gasteiger partial charge in [-0.25, -0.2) is 0 Å². The molecule has 5 atom stereocenters. The largest absolute Gasteiger partial charge is 0.495 e. The third-order valence-electron chi connectivity index (χ3n) is 6.86. The van der Waals surface area contributed by atoms with Crippen LogP contribution in [0.3, 0.4) is 0 Å². The molecule has 1 aromatic rings. The number of unbranched alkanes of at least 4 members (excludes halogenated alkanes) is 6. The molecule has 0 aromatic heterocycles. The average Bonchev–Trinajstić information content (AvgIpc) is 3.36. The lowest BCUT2D eigenvalue weighted by Crippen LogP contribution is -2.54. The molecule has 2 fully saturated rings. The summed E-state index contributed by atoms with van der Waals surface area (Å²) in [4.78, 5) is 0. The van der Waals surface area contributed by atoms with E-state index in [1.807, 2.05) is 38.1 Å². The van der Waals surface area contributed by atoms with Crippen molar-refractivity contribution in [2.75, 3.05) is 32.2 Å². The molecule has 0 amide bonds. The summed E-state index contributed by atoms with van der Waals surface area (Å²) >= 11 is 5.72. The highest BCUT2D eigenvalue weighted by atomic mass is 32.1. The molecule has 1 aromatic carbocycles. The molecule has 0 radical (unpaired) electrons. The van der Waals surface area contributed by atoms with Crippen molar-refractivity contribution in [3.63, 3.8) is 0 Å². The van der Waals surface area contributed by atoms with E-state index in [4.69, 9.17) is 40.6 Å². The van der Waals surface area contributed by atoms with E-state index in [-0.39, 0.29) is 24.4 Å². The number of anilines is 1. The molecule has 38 heavy (non-hydrogen) atoms. The van der Waals surface area contributed by atoms with Crippen molar-refractivity contribution in [2.24, 2.45) is 0 Å². The summed E-state index contributed by atoms with van der Waals surface area (Å²) in [5.74, 6) is -0.0374. The summed E-state index contributed by atoms with van der Waals surface area (Å²) in [6, 6.07) is 7.37. The van der Waals surface area contributed by atoms with Gasteiger partial charge < -0.3 is 39.1 Å². The molecule has 0 aliphatic carbocycles. The summed E-state index contributed by atoms with van der Waals surface area (Å²) in [5, 5.41) is 7.15. The fourth-order valence-electron chi connectivity index (χ4n) is 4.90. The van der Waals surface area contributed by atoms with Crippen LogP contribution in [0.5, 0.6) is 5.75 Å². The van der Waals surface area contributed by atoms with E-state index >= 15 is 0 Å². The van der Waals surface area contributed by atoms with Gasteiger partial charge in [-0.15, -0.1) is 0 Å². The molecule has 0 unspecified atom stereocenters. The number of rotatable bonds is 17. The zero-order chi connectivity index (χ0) is 27.4. The summed E-state index contributed by atoms with van der Waals surface area (Å²) in [5.41, 5.74) is 0.780. The molecule has 8 nitrogen and oxygen atoms in total. The van der Waals surface area contributed by atoms with Crippen LogP contribution in [0.4, 0.5) is 5.69 Å². The highest BCUT2D eigenvalue weighted by Crippen LogP contribution is 2.39. The number of thiocarbonyl (C=S) groups is 1. The highest BCUT2D eigenvalue weighted by molar-refractivity contribution is 7.80. The normalized spacial score (nSPS) is 24.7. The van der Waals surface area contributed by atoms with Gasteiger partial charge in [-0.1, -0.05) is 64.5 Å². The van der Waals surface area contributed by atoms with Crippen LogP contribution in [0, 0.1) is 0 Å². The van der Waals surface area contributed by atoms with Crippen molar-refractivity contribution in [3.05, 3.63) is 24.3 Å². The van der Waals surface area contributed by atoms with Crippen LogP contribution < -0.4 is 15.4 Å². The van der Waals surface area contributed by atoms with Gasteiger partial charge in [-0.3, -0.25) is 0 Å². The number of nitrogens with one attached hydrogen (secondary N) is 2. The molecule has 2 saturated heterocycles. The van der Waals surface area contributed by atoms with Gasteiger partial charge in [0.2, 0.25) is 0 Å². The number of hydrogen-bond acceptors (Lipinski definition) is 7. The summed E-state index contributed by atoms with van der Waals surface area (Å²) in [6.45, 7) is 10.0. The first-order valence-corrected chi connectivity index (χ1v) is 14.7. The lowest BCUT2D eigenvalue weighted by Gasteiger charge is -2.32. The minimum Gasteiger partial charge on any atom is -0.495 e. The first-order chi connectivity index (χ1) is 18.4. The van der Waals surface area contributed by atoms with E-state index in [2.05, 4.69) is 24.5 Å². The number of hydrogen-bond donors (Lipinski definition) is 2. The zero-order valence-electron chi connectivity index (χ0n) is 23.8. The predicted octanol–water partition coefficient (Wildman–Crippen LogP) is 5.79. The number of methoxy groups -OCH3 is 1. The summed E-state index contributed by atoms with van der Waals surface area (Å²) < 4.78 is 36.8. The molecule has 0 spiro atoms. The molecule has 2 aliphatic heterocycles. The molecular formula is C29H48N2O6S. The maximum atomic E-state index is 6.44. The molecule has 0 saturated carbocycles. The van der Waals surface area contributed by atoms with Crippen LogP contribution in [0.15, 0.2) is 24.3 Å². The minimum atomic E-state index is -0.746. The van der Waals surface area contributed by atoms with E-state index in [1.54, 1.807) is 7.11 Å². The monoisotopic (exact) mass is 552 g/mol. The fourth-order valence-corrected chi connectivity index (χ4v) is 5.15. The van der Waals surface area contributed by atoms with Crippen LogP contribution in [0.25, 0.3) is 0 Å². The number of fused-ring (bicyclic) bond motifs is 1. The predicted molar refractivity (Wildman–Crippen MR) is 154 cm³/mol. The van der Waals surface area contributed by atoms with Crippen molar-refractivity contribution >= 4 is 23.0 Å². The molecular weight excluding hydrogens is 504 g/mol. The molecule has 9 heteroatoms. The van der Waals surface area contributed by atoms with Gasteiger partial charge in [-0.2, -0.15) is 0 Å². The first-order valence-electron chi connectivity index (χ1n) is 14.3. The smallest absolute Gasteiger partial charge is 0.189 e. The van der Waals surface area contributed by atoms with Gasteiger partial charge in [0.15, 0.2) is 17.2 Å². The van der Waals surface area contributed by atoms with Crippen molar-refractivity contribution in [1.82, 2.24) is 5.32 Å².